The highest BCUT2D eigenvalue weighted by Crippen LogP contribution is 2.39. The second kappa shape index (κ2) is 15.5. The SMILES string of the molecule is CCn1cc(-c2cccc(CCOCCC(=O)N(CCNCCc3ccc(O)c4c3OCC(=O)N4)[C@H](C)C(C)C)c2)cn1. The number of ether oxygens (including phenoxy) is 2. The van der Waals surface area contributed by atoms with Crippen molar-refractivity contribution in [2.75, 3.05) is 44.8 Å². The normalized spacial score (nSPS) is 13.4. The smallest absolute Gasteiger partial charge is 0.262 e. The Morgan fingerprint density at radius 1 is 1.16 bits per heavy atom. The van der Waals surface area contributed by atoms with Crippen molar-refractivity contribution in [3.05, 3.63) is 59.9 Å². The Balaban J connectivity index is 1.19. The molecule has 1 atom stereocenters. The van der Waals surface area contributed by atoms with Crippen LogP contribution in [-0.2, 0) is 33.7 Å². The molecule has 2 amide bonds. The quantitative estimate of drug-likeness (QED) is 0.168. The molecular formula is C33H45N5O5. The number of carbonyl (C=O) groups is 2. The van der Waals surface area contributed by atoms with Gasteiger partial charge in [-0.3, -0.25) is 14.3 Å². The van der Waals surface area contributed by atoms with Crippen LogP contribution in [0.4, 0.5) is 5.69 Å². The average molecular weight is 592 g/mol. The van der Waals surface area contributed by atoms with Crippen LogP contribution in [0.3, 0.4) is 0 Å². The topological polar surface area (TPSA) is 118 Å². The van der Waals surface area contributed by atoms with Crippen molar-refractivity contribution in [2.24, 2.45) is 5.92 Å². The van der Waals surface area contributed by atoms with Gasteiger partial charge < -0.3 is 30.1 Å². The van der Waals surface area contributed by atoms with Gasteiger partial charge in [0.25, 0.3) is 5.91 Å². The molecule has 1 aliphatic rings. The van der Waals surface area contributed by atoms with Crippen molar-refractivity contribution >= 4 is 17.5 Å². The Kier molecular flexibility index (Phi) is 11.6. The molecule has 0 saturated heterocycles. The summed E-state index contributed by atoms with van der Waals surface area (Å²) in [5, 5.41) is 20.5. The van der Waals surface area contributed by atoms with Crippen molar-refractivity contribution in [1.29, 1.82) is 0 Å². The second-order valence-electron chi connectivity index (χ2n) is 11.3. The number of rotatable bonds is 16. The highest BCUT2D eigenvalue weighted by atomic mass is 16.5. The number of phenols is 1. The maximum Gasteiger partial charge on any atom is 0.262 e. The molecule has 0 spiro atoms. The molecule has 0 unspecified atom stereocenters. The van der Waals surface area contributed by atoms with E-state index >= 15 is 0 Å². The van der Waals surface area contributed by atoms with E-state index in [1.54, 1.807) is 6.07 Å². The first kappa shape index (κ1) is 32.0. The van der Waals surface area contributed by atoms with Gasteiger partial charge in [-0.1, -0.05) is 44.2 Å². The van der Waals surface area contributed by atoms with Crippen LogP contribution < -0.4 is 15.4 Å². The monoisotopic (exact) mass is 591 g/mol. The van der Waals surface area contributed by atoms with E-state index in [4.69, 9.17) is 9.47 Å². The Bertz CT molecular complexity index is 1370. The van der Waals surface area contributed by atoms with E-state index in [-0.39, 0.29) is 30.2 Å². The van der Waals surface area contributed by atoms with Crippen LogP contribution in [0.15, 0.2) is 48.8 Å². The van der Waals surface area contributed by atoms with Crippen LogP contribution in [0, 0.1) is 5.92 Å². The molecule has 2 heterocycles. The molecule has 0 fully saturated rings. The number of benzene rings is 2. The zero-order valence-corrected chi connectivity index (χ0v) is 25.8. The van der Waals surface area contributed by atoms with Crippen LogP contribution in [0.1, 0.15) is 45.2 Å². The number of aryl methyl sites for hydroxylation is 1. The summed E-state index contributed by atoms with van der Waals surface area (Å²) in [4.78, 5) is 26.8. The molecule has 0 radical (unpaired) electrons. The predicted molar refractivity (Wildman–Crippen MR) is 167 cm³/mol. The van der Waals surface area contributed by atoms with Crippen molar-refractivity contribution in [2.45, 2.75) is 59.5 Å². The number of phenolic OH excluding ortho intramolecular Hbond substituents is 1. The van der Waals surface area contributed by atoms with Crippen molar-refractivity contribution < 1.29 is 24.2 Å². The fourth-order valence-corrected chi connectivity index (χ4v) is 5.06. The van der Waals surface area contributed by atoms with Gasteiger partial charge in [0.15, 0.2) is 12.4 Å². The minimum absolute atomic E-state index is 0.00834. The van der Waals surface area contributed by atoms with Gasteiger partial charge in [-0.05, 0) is 61.9 Å². The van der Waals surface area contributed by atoms with Gasteiger partial charge in [-0.15, -0.1) is 0 Å². The van der Waals surface area contributed by atoms with Gasteiger partial charge in [0.05, 0.1) is 25.8 Å². The zero-order chi connectivity index (χ0) is 30.8. The van der Waals surface area contributed by atoms with E-state index in [0.717, 1.165) is 29.7 Å². The summed E-state index contributed by atoms with van der Waals surface area (Å²) in [6, 6.07) is 11.9. The average Bonchev–Trinajstić information content (AvgIpc) is 3.49. The van der Waals surface area contributed by atoms with Crippen molar-refractivity contribution in [3.8, 4) is 22.6 Å². The molecule has 43 heavy (non-hydrogen) atoms. The summed E-state index contributed by atoms with van der Waals surface area (Å²) in [7, 11) is 0. The molecule has 1 aliphatic heterocycles. The third kappa shape index (κ3) is 8.81. The summed E-state index contributed by atoms with van der Waals surface area (Å²) >= 11 is 0. The molecular weight excluding hydrogens is 546 g/mol. The highest BCUT2D eigenvalue weighted by molar-refractivity contribution is 5.97. The third-order valence-corrected chi connectivity index (χ3v) is 7.92. The maximum atomic E-state index is 13.2. The number of fused-ring (bicyclic) bond motifs is 1. The fourth-order valence-electron chi connectivity index (χ4n) is 5.06. The van der Waals surface area contributed by atoms with Gasteiger partial charge in [-0.2, -0.15) is 5.10 Å². The van der Waals surface area contributed by atoms with Gasteiger partial charge in [0, 0.05) is 37.4 Å². The Labute approximate surface area is 254 Å². The van der Waals surface area contributed by atoms with E-state index in [9.17, 15) is 14.7 Å². The summed E-state index contributed by atoms with van der Waals surface area (Å²) in [5.41, 5.74) is 4.67. The summed E-state index contributed by atoms with van der Waals surface area (Å²) in [5.74, 6) is 0.649. The molecule has 0 bridgehead atoms. The first-order valence-corrected chi connectivity index (χ1v) is 15.2. The number of carbonyl (C=O) groups excluding carboxylic acids is 2. The number of hydrogen-bond donors (Lipinski definition) is 3. The summed E-state index contributed by atoms with van der Waals surface area (Å²) in [6.45, 7) is 12.1. The molecule has 0 aliphatic carbocycles. The van der Waals surface area contributed by atoms with E-state index < -0.39 is 0 Å². The van der Waals surface area contributed by atoms with E-state index in [1.165, 1.54) is 5.56 Å². The maximum absolute atomic E-state index is 13.2. The summed E-state index contributed by atoms with van der Waals surface area (Å²) < 4.78 is 13.4. The Morgan fingerprint density at radius 3 is 2.77 bits per heavy atom. The number of anilines is 1. The second-order valence-corrected chi connectivity index (χ2v) is 11.3. The van der Waals surface area contributed by atoms with E-state index in [2.05, 4.69) is 73.9 Å². The molecule has 232 valence electrons. The predicted octanol–water partition coefficient (Wildman–Crippen LogP) is 4.26. The van der Waals surface area contributed by atoms with Gasteiger partial charge >= 0.3 is 0 Å². The van der Waals surface area contributed by atoms with E-state index in [0.29, 0.717) is 63.0 Å². The van der Waals surface area contributed by atoms with Crippen LogP contribution in [0.5, 0.6) is 11.5 Å². The number of amides is 2. The zero-order valence-electron chi connectivity index (χ0n) is 25.8. The molecule has 0 saturated carbocycles. The van der Waals surface area contributed by atoms with Crippen LogP contribution in [0.25, 0.3) is 11.1 Å². The van der Waals surface area contributed by atoms with Crippen molar-refractivity contribution in [3.63, 3.8) is 0 Å². The van der Waals surface area contributed by atoms with E-state index in [1.807, 2.05) is 21.8 Å². The third-order valence-electron chi connectivity index (χ3n) is 7.92. The van der Waals surface area contributed by atoms with Crippen LogP contribution >= 0.6 is 0 Å². The largest absolute Gasteiger partial charge is 0.506 e. The lowest BCUT2D eigenvalue weighted by Gasteiger charge is -2.32. The van der Waals surface area contributed by atoms with Gasteiger partial charge in [-0.25, -0.2) is 0 Å². The van der Waals surface area contributed by atoms with Gasteiger partial charge in [0.1, 0.15) is 11.4 Å². The minimum atomic E-state index is -0.283. The molecule has 1 aromatic heterocycles. The lowest BCUT2D eigenvalue weighted by molar-refractivity contribution is -0.135. The number of nitrogens with zero attached hydrogens (tertiary/aromatic N) is 3. The first-order chi connectivity index (χ1) is 20.8. The van der Waals surface area contributed by atoms with Crippen LogP contribution in [0.2, 0.25) is 0 Å². The standard InChI is InChI=1S/C33H45N5O5/c1-5-37-21-28(20-35-37)27-8-6-7-25(19-27)12-17-42-18-13-31(41)38(24(4)23(2)3)16-15-34-14-11-26-9-10-29(39)32-33(26)43-22-30(40)36-32/h6-10,19-21,23-24,34,39H,5,11-18,22H2,1-4H3,(H,36,40)/t24-/m1/s1. The highest BCUT2D eigenvalue weighted by Gasteiger charge is 2.23. The molecule has 3 aromatic rings. The van der Waals surface area contributed by atoms with Crippen molar-refractivity contribution in [1.82, 2.24) is 20.0 Å². The van der Waals surface area contributed by atoms with Crippen LogP contribution in [-0.4, -0.2) is 77.1 Å². The number of nitrogens with one attached hydrogen (secondary N) is 2. The molecule has 4 rings (SSSR count). The Hall–Kier alpha value is -3.89. The lowest BCUT2D eigenvalue weighted by Crippen LogP contribution is -2.45. The fraction of sp³-hybridized carbons (Fsp3) is 0.485. The number of aromatic nitrogens is 2. The lowest BCUT2D eigenvalue weighted by atomic mass is 10.0. The number of hydrogen-bond acceptors (Lipinski definition) is 7. The summed E-state index contributed by atoms with van der Waals surface area (Å²) in [6.07, 6.45) is 5.73. The molecule has 2 aromatic carbocycles. The first-order valence-electron chi connectivity index (χ1n) is 15.2. The van der Waals surface area contributed by atoms with Gasteiger partial charge in [0.2, 0.25) is 5.91 Å². The molecule has 3 N–H and O–H groups in total. The molecule has 10 nitrogen and oxygen atoms in total. The minimum Gasteiger partial charge on any atom is -0.506 e. The Morgan fingerprint density at radius 2 is 2.00 bits per heavy atom. The number of aromatic hydroxyl groups is 1. The molecule has 10 heteroatoms.